The molecule has 7 nitrogen and oxygen atoms in total. The van der Waals surface area contributed by atoms with Gasteiger partial charge in [-0.3, -0.25) is 4.79 Å². The van der Waals surface area contributed by atoms with Crippen LogP contribution in [0.5, 0.6) is 0 Å². The lowest BCUT2D eigenvalue weighted by atomic mass is 10.00. The molecule has 0 saturated heterocycles. The van der Waals surface area contributed by atoms with Crippen molar-refractivity contribution in [3.8, 4) is 0 Å². The highest BCUT2D eigenvalue weighted by Gasteiger charge is 2.25. The summed E-state index contributed by atoms with van der Waals surface area (Å²) in [6.07, 6.45) is -0.912. The Kier molecular flexibility index (Phi) is 5.50. The summed E-state index contributed by atoms with van der Waals surface area (Å²) in [4.78, 5) is 34.3. The number of aliphatic carboxylic acids is 1. The quantitative estimate of drug-likeness (QED) is 0.757. The number of rotatable bonds is 5. The van der Waals surface area contributed by atoms with Crippen LogP contribution in [0.2, 0.25) is 0 Å². The van der Waals surface area contributed by atoms with Gasteiger partial charge in [0.05, 0.1) is 0 Å². The van der Waals surface area contributed by atoms with Gasteiger partial charge in [0, 0.05) is 12.0 Å². The molecular weight excluding hydrogens is 288 g/mol. The standard InChI is InChI=1S/C15H20N2O5/c1-15(2,3)22-14(21)17-11(13(19)20)8-9-6-4-5-7-10(9)12(16)18/h4-7,11H,8H2,1-3H3,(H2,16,18)(H,17,21)(H,19,20). The number of amides is 2. The summed E-state index contributed by atoms with van der Waals surface area (Å²) in [5.41, 5.74) is 5.18. The van der Waals surface area contributed by atoms with E-state index >= 15 is 0 Å². The van der Waals surface area contributed by atoms with E-state index in [2.05, 4.69) is 5.32 Å². The maximum atomic E-state index is 11.7. The van der Waals surface area contributed by atoms with Gasteiger partial charge < -0.3 is 20.9 Å². The Hall–Kier alpha value is -2.57. The molecule has 0 bridgehead atoms. The van der Waals surface area contributed by atoms with Gasteiger partial charge in [-0.05, 0) is 32.4 Å². The number of carbonyl (C=O) groups excluding carboxylic acids is 2. The molecule has 0 radical (unpaired) electrons. The van der Waals surface area contributed by atoms with Crippen LogP contribution in [0.4, 0.5) is 4.79 Å². The molecule has 0 aliphatic carbocycles. The van der Waals surface area contributed by atoms with Gasteiger partial charge in [-0.2, -0.15) is 0 Å². The minimum absolute atomic E-state index is 0.0757. The summed E-state index contributed by atoms with van der Waals surface area (Å²) >= 11 is 0. The van der Waals surface area contributed by atoms with E-state index in [1.54, 1.807) is 39.0 Å². The number of benzene rings is 1. The highest BCUT2D eigenvalue weighted by Crippen LogP contribution is 2.12. The Morgan fingerprint density at radius 3 is 2.36 bits per heavy atom. The fourth-order valence-corrected chi connectivity index (χ4v) is 1.81. The molecule has 0 spiro atoms. The van der Waals surface area contributed by atoms with Gasteiger partial charge in [0.1, 0.15) is 11.6 Å². The molecule has 1 aromatic rings. The molecule has 0 aliphatic heterocycles. The van der Waals surface area contributed by atoms with Crippen LogP contribution < -0.4 is 11.1 Å². The number of ether oxygens (including phenoxy) is 1. The number of alkyl carbamates (subject to hydrolysis) is 1. The number of carbonyl (C=O) groups is 3. The maximum Gasteiger partial charge on any atom is 0.408 e. The van der Waals surface area contributed by atoms with Crippen molar-refractivity contribution in [1.82, 2.24) is 5.32 Å². The Morgan fingerprint density at radius 2 is 1.86 bits per heavy atom. The molecule has 22 heavy (non-hydrogen) atoms. The van der Waals surface area contributed by atoms with E-state index in [1.165, 1.54) is 6.07 Å². The topological polar surface area (TPSA) is 119 Å². The van der Waals surface area contributed by atoms with Crippen molar-refractivity contribution in [1.29, 1.82) is 0 Å². The number of hydrogen-bond acceptors (Lipinski definition) is 4. The van der Waals surface area contributed by atoms with Crippen LogP contribution in [0.3, 0.4) is 0 Å². The third kappa shape index (κ3) is 5.43. The van der Waals surface area contributed by atoms with E-state index in [4.69, 9.17) is 10.5 Å². The molecule has 7 heteroatoms. The van der Waals surface area contributed by atoms with E-state index in [1.807, 2.05) is 0 Å². The van der Waals surface area contributed by atoms with Gasteiger partial charge >= 0.3 is 12.1 Å². The SMILES string of the molecule is CC(C)(C)OC(=O)NC(Cc1ccccc1C(N)=O)C(=O)O. The third-order valence-electron chi connectivity index (χ3n) is 2.70. The number of nitrogens with one attached hydrogen (secondary N) is 1. The lowest BCUT2D eigenvalue weighted by Gasteiger charge is -2.22. The van der Waals surface area contributed by atoms with E-state index < -0.39 is 29.6 Å². The maximum absolute atomic E-state index is 11.7. The van der Waals surface area contributed by atoms with E-state index in [0.717, 1.165) is 0 Å². The monoisotopic (exact) mass is 308 g/mol. The minimum atomic E-state index is -1.23. The van der Waals surface area contributed by atoms with Crippen LogP contribution >= 0.6 is 0 Å². The van der Waals surface area contributed by atoms with Gasteiger partial charge in [0.15, 0.2) is 0 Å². The first kappa shape index (κ1) is 17.5. The number of carboxylic acids is 1. The van der Waals surface area contributed by atoms with Crippen molar-refractivity contribution in [2.75, 3.05) is 0 Å². The lowest BCUT2D eigenvalue weighted by Crippen LogP contribution is -2.44. The first-order valence-electron chi connectivity index (χ1n) is 6.70. The zero-order valence-corrected chi connectivity index (χ0v) is 12.8. The van der Waals surface area contributed by atoms with Crippen LogP contribution in [0, 0.1) is 0 Å². The fourth-order valence-electron chi connectivity index (χ4n) is 1.81. The van der Waals surface area contributed by atoms with Crippen LogP contribution in [0.1, 0.15) is 36.7 Å². The van der Waals surface area contributed by atoms with Crippen LogP contribution in [-0.4, -0.2) is 34.7 Å². The van der Waals surface area contributed by atoms with Crippen molar-refractivity contribution >= 4 is 18.0 Å². The Balaban J connectivity index is 2.88. The summed E-state index contributed by atoms with van der Waals surface area (Å²) in [7, 11) is 0. The molecule has 0 aromatic heterocycles. The van der Waals surface area contributed by atoms with Gasteiger partial charge in [-0.25, -0.2) is 9.59 Å². The Morgan fingerprint density at radius 1 is 1.27 bits per heavy atom. The van der Waals surface area contributed by atoms with E-state index in [-0.39, 0.29) is 12.0 Å². The zero-order valence-electron chi connectivity index (χ0n) is 12.8. The first-order valence-corrected chi connectivity index (χ1v) is 6.70. The number of nitrogens with two attached hydrogens (primary N) is 1. The Bertz CT molecular complexity index is 578. The molecule has 0 saturated carbocycles. The highest BCUT2D eigenvalue weighted by atomic mass is 16.6. The number of primary amides is 1. The molecule has 120 valence electrons. The molecule has 2 amide bonds. The smallest absolute Gasteiger partial charge is 0.408 e. The van der Waals surface area contributed by atoms with E-state index in [9.17, 15) is 19.5 Å². The molecule has 1 unspecified atom stereocenters. The van der Waals surface area contributed by atoms with Crippen LogP contribution in [0.15, 0.2) is 24.3 Å². The second kappa shape index (κ2) is 6.93. The molecule has 1 atom stereocenters. The largest absolute Gasteiger partial charge is 0.480 e. The molecule has 4 N–H and O–H groups in total. The van der Waals surface area contributed by atoms with Crippen LogP contribution in [0.25, 0.3) is 0 Å². The molecule has 1 rings (SSSR count). The average molecular weight is 308 g/mol. The number of carboxylic acid groups (broad SMARTS) is 1. The summed E-state index contributed by atoms with van der Waals surface area (Å²) in [5, 5.41) is 11.5. The molecule has 0 aliphatic rings. The minimum Gasteiger partial charge on any atom is -0.480 e. The van der Waals surface area contributed by atoms with Crippen molar-refractivity contribution in [2.45, 2.75) is 38.8 Å². The predicted octanol–water partition coefficient (Wildman–Crippen LogP) is 1.31. The summed E-state index contributed by atoms with van der Waals surface area (Å²) in [6.45, 7) is 5.01. The molecule has 0 heterocycles. The zero-order chi connectivity index (χ0) is 16.9. The summed E-state index contributed by atoms with van der Waals surface area (Å²) in [5.74, 6) is -1.89. The normalized spacial score (nSPS) is 12.3. The first-order chi connectivity index (χ1) is 10.1. The molecule has 1 aromatic carbocycles. The van der Waals surface area contributed by atoms with Crippen LogP contribution in [-0.2, 0) is 16.0 Å². The van der Waals surface area contributed by atoms with Gasteiger partial charge in [0.2, 0.25) is 5.91 Å². The lowest BCUT2D eigenvalue weighted by molar-refractivity contribution is -0.139. The average Bonchev–Trinajstić information content (AvgIpc) is 2.35. The van der Waals surface area contributed by atoms with Gasteiger partial charge in [-0.1, -0.05) is 18.2 Å². The van der Waals surface area contributed by atoms with E-state index in [0.29, 0.717) is 5.56 Å². The second-order valence-electron chi connectivity index (χ2n) is 5.76. The van der Waals surface area contributed by atoms with Crippen molar-refractivity contribution in [3.63, 3.8) is 0 Å². The summed E-state index contributed by atoms with van der Waals surface area (Å²) < 4.78 is 5.03. The predicted molar refractivity (Wildman–Crippen MR) is 79.5 cm³/mol. The van der Waals surface area contributed by atoms with Gasteiger partial charge in [-0.15, -0.1) is 0 Å². The van der Waals surface area contributed by atoms with Crippen molar-refractivity contribution in [2.24, 2.45) is 5.73 Å². The van der Waals surface area contributed by atoms with Crippen molar-refractivity contribution < 1.29 is 24.2 Å². The fraction of sp³-hybridized carbons (Fsp3) is 0.400. The second-order valence-corrected chi connectivity index (χ2v) is 5.76. The van der Waals surface area contributed by atoms with Crippen molar-refractivity contribution in [3.05, 3.63) is 35.4 Å². The number of hydrogen-bond donors (Lipinski definition) is 3. The highest BCUT2D eigenvalue weighted by molar-refractivity contribution is 5.94. The summed E-state index contributed by atoms with van der Waals surface area (Å²) in [6, 6.07) is 5.15. The molecule has 0 fully saturated rings. The Labute approximate surface area is 128 Å². The molecular formula is C15H20N2O5. The van der Waals surface area contributed by atoms with Gasteiger partial charge in [0.25, 0.3) is 0 Å². The third-order valence-corrected chi connectivity index (χ3v) is 2.70.